The lowest BCUT2D eigenvalue weighted by Crippen LogP contribution is -2.39. The van der Waals surface area contributed by atoms with Crippen molar-refractivity contribution in [3.05, 3.63) is 65.7 Å². The number of carbonyl (C=O) groups is 1. The van der Waals surface area contributed by atoms with Gasteiger partial charge >= 0.3 is 0 Å². The van der Waals surface area contributed by atoms with Crippen molar-refractivity contribution in [1.82, 2.24) is 4.90 Å². The molecule has 3 heteroatoms. The van der Waals surface area contributed by atoms with E-state index >= 15 is 0 Å². The monoisotopic (exact) mass is 323 g/mol. The van der Waals surface area contributed by atoms with E-state index in [1.165, 1.54) is 5.56 Å². The van der Waals surface area contributed by atoms with Gasteiger partial charge < -0.3 is 9.64 Å². The topological polar surface area (TPSA) is 29.5 Å². The number of hydrogen-bond donors (Lipinski definition) is 0. The van der Waals surface area contributed by atoms with E-state index in [1.807, 2.05) is 47.4 Å². The Labute approximate surface area is 144 Å². The van der Waals surface area contributed by atoms with Crippen molar-refractivity contribution in [3.8, 4) is 5.75 Å². The molecule has 1 fully saturated rings. The molecule has 3 nitrogen and oxygen atoms in total. The third-order valence-corrected chi connectivity index (χ3v) is 4.85. The minimum Gasteiger partial charge on any atom is -0.497 e. The van der Waals surface area contributed by atoms with E-state index in [9.17, 15) is 4.79 Å². The van der Waals surface area contributed by atoms with Gasteiger partial charge in [0.2, 0.25) is 5.91 Å². The second kappa shape index (κ2) is 8.00. The van der Waals surface area contributed by atoms with E-state index in [0.29, 0.717) is 12.3 Å². The van der Waals surface area contributed by atoms with E-state index in [1.54, 1.807) is 7.11 Å². The summed E-state index contributed by atoms with van der Waals surface area (Å²) in [4.78, 5) is 14.4. The number of amides is 1. The molecule has 2 aromatic rings. The number of piperidine rings is 1. The molecular formula is C21H25NO2. The lowest BCUT2D eigenvalue weighted by atomic mass is 9.90. The van der Waals surface area contributed by atoms with E-state index in [2.05, 4.69) is 12.1 Å². The maximum atomic E-state index is 12.4. The molecule has 1 saturated heterocycles. The Hall–Kier alpha value is -2.29. The maximum Gasteiger partial charge on any atom is 0.226 e. The number of carbonyl (C=O) groups excluding carboxylic acids is 1. The molecule has 0 bridgehead atoms. The van der Waals surface area contributed by atoms with Crippen molar-refractivity contribution in [1.29, 1.82) is 0 Å². The van der Waals surface area contributed by atoms with E-state index in [4.69, 9.17) is 4.74 Å². The van der Waals surface area contributed by atoms with Crippen LogP contribution in [0, 0.1) is 5.92 Å². The van der Waals surface area contributed by atoms with Crippen LogP contribution in [0.3, 0.4) is 0 Å². The standard InChI is InChI=1S/C21H25NO2/c1-24-20-9-7-18(8-10-20)15-19-11-13-22(14-12-19)21(23)16-17-5-3-2-4-6-17/h2-10,19H,11-16H2,1H3. The van der Waals surface area contributed by atoms with Gasteiger partial charge in [-0.2, -0.15) is 0 Å². The Bertz CT molecular complexity index is 643. The van der Waals surface area contributed by atoms with Crippen LogP contribution in [-0.4, -0.2) is 31.0 Å². The van der Waals surface area contributed by atoms with Gasteiger partial charge in [0.15, 0.2) is 0 Å². The summed E-state index contributed by atoms with van der Waals surface area (Å²) in [5, 5.41) is 0. The zero-order valence-corrected chi connectivity index (χ0v) is 14.3. The van der Waals surface area contributed by atoms with Crippen molar-refractivity contribution in [2.45, 2.75) is 25.7 Å². The first-order valence-electron chi connectivity index (χ1n) is 8.69. The van der Waals surface area contributed by atoms with Crippen molar-refractivity contribution < 1.29 is 9.53 Å². The summed E-state index contributed by atoms with van der Waals surface area (Å²) in [5.74, 6) is 1.82. The van der Waals surface area contributed by atoms with Crippen molar-refractivity contribution in [2.75, 3.05) is 20.2 Å². The molecule has 0 saturated carbocycles. The molecule has 0 N–H and O–H groups in total. The Kier molecular flexibility index (Phi) is 5.52. The molecule has 0 spiro atoms. The van der Waals surface area contributed by atoms with Crippen LogP contribution in [0.5, 0.6) is 5.75 Å². The highest BCUT2D eigenvalue weighted by atomic mass is 16.5. The largest absolute Gasteiger partial charge is 0.497 e. The van der Waals surface area contributed by atoms with Crippen molar-refractivity contribution >= 4 is 5.91 Å². The van der Waals surface area contributed by atoms with Crippen LogP contribution in [0.15, 0.2) is 54.6 Å². The third-order valence-electron chi connectivity index (χ3n) is 4.85. The molecule has 0 aromatic heterocycles. The van der Waals surface area contributed by atoms with Crippen LogP contribution < -0.4 is 4.74 Å². The van der Waals surface area contributed by atoms with Gasteiger partial charge in [-0.3, -0.25) is 4.79 Å². The van der Waals surface area contributed by atoms with Crippen LogP contribution in [-0.2, 0) is 17.6 Å². The second-order valence-corrected chi connectivity index (χ2v) is 6.54. The average Bonchev–Trinajstić information content (AvgIpc) is 2.64. The fourth-order valence-corrected chi connectivity index (χ4v) is 3.36. The minimum absolute atomic E-state index is 0.254. The highest BCUT2D eigenvalue weighted by molar-refractivity contribution is 5.78. The molecule has 24 heavy (non-hydrogen) atoms. The zero-order chi connectivity index (χ0) is 16.8. The van der Waals surface area contributed by atoms with Crippen LogP contribution in [0.4, 0.5) is 0 Å². The second-order valence-electron chi connectivity index (χ2n) is 6.54. The van der Waals surface area contributed by atoms with Crippen molar-refractivity contribution in [2.24, 2.45) is 5.92 Å². The van der Waals surface area contributed by atoms with E-state index in [-0.39, 0.29) is 5.91 Å². The molecule has 0 unspecified atom stereocenters. The molecular weight excluding hydrogens is 298 g/mol. The van der Waals surface area contributed by atoms with Gasteiger partial charge in [0.1, 0.15) is 5.75 Å². The first kappa shape index (κ1) is 16.6. The maximum absolute atomic E-state index is 12.4. The summed E-state index contributed by atoms with van der Waals surface area (Å²) in [5.41, 5.74) is 2.45. The number of ether oxygens (including phenoxy) is 1. The molecule has 1 amide bonds. The Morgan fingerprint density at radius 1 is 1.00 bits per heavy atom. The van der Waals surface area contributed by atoms with Crippen molar-refractivity contribution in [3.63, 3.8) is 0 Å². The predicted octanol–water partition coefficient (Wildman–Crippen LogP) is 3.72. The van der Waals surface area contributed by atoms with Gasteiger partial charge in [-0.05, 0) is 48.4 Å². The van der Waals surface area contributed by atoms with Gasteiger partial charge in [0.05, 0.1) is 13.5 Å². The highest BCUT2D eigenvalue weighted by Gasteiger charge is 2.22. The normalized spacial score (nSPS) is 15.3. The summed E-state index contributed by atoms with van der Waals surface area (Å²) >= 11 is 0. The molecule has 1 aliphatic rings. The van der Waals surface area contributed by atoms with Crippen LogP contribution in [0.1, 0.15) is 24.0 Å². The molecule has 0 atom stereocenters. The van der Waals surface area contributed by atoms with E-state index < -0.39 is 0 Å². The summed E-state index contributed by atoms with van der Waals surface area (Å²) in [6, 6.07) is 18.3. The smallest absolute Gasteiger partial charge is 0.226 e. The Morgan fingerprint density at radius 3 is 2.29 bits per heavy atom. The molecule has 1 aliphatic heterocycles. The molecule has 1 heterocycles. The van der Waals surface area contributed by atoms with Gasteiger partial charge in [0.25, 0.3) is 0 Å². The molecule has 2 aromatic carbocycles. The van der Waals surface area contributed by atoms with Crippen LogP contribution in [0.25, 0.3) is 0 Å². The lowest BCUT2D eigenvalue weighted by Gasteiger charge is -2.32. The first-order chi connectivity index (χ1) is 11.7. The zero-order valence-electron chi connectivity index (χ0n) is 14.3. The first-order valence-corrected chi connectivity index (χ1v) is 8.69. The number of hydrogen-bond acceptors (Lipinski definition) is 2. The third kappa shape index (κ3) is 4.38. The molecule has 0 aliphatic carbocycles. The molecule has 0 radical (unpaired) electrons. The lowest BCUT2D eigenvalue weighted by molar-refractivity contribution is -0.131. The predicted molar refractivity (Wildman–Crippen MR) is 96.1 cm³/mol. The number of nitrogens with zero attached hydrogens (tertiary/aromatic N) is 1. The fraction of sp³-hybridized carbons (Fsp3) is 0.381. The number of likely N-dealkylation sites (tertiary alicyclic amines) is 1. The van der Waals surface area contributed by atoms with Gasteiger partial charge in [-0.15, -0.1) is 0 Å². The summed E-state index contributed by atoms with van der Waals surface area (Å²) in [6.07, 6.45) is 3.79. The molecule has 126 valence electrons. The minimum atomic E-state index is 0.254. The number of methoxy groups -OCH3 is 1. The van der Waals surface area contributed by atoms with Gasteiger partial charge in [-0.1, -0.05) is 42.5 Å². The fourth-order valence-electron chi connectivity index (χ4n) is 3.36. The van der Waals surface area contributed by atoms with Crippen LogP contribution in [0.2, 0.25) is 0 Å². The van der Waals surface area contributed by atoms with Gasteiger partial charge in [-0.25, -0.2) is 0 Å². The number of rotatable bonds is 5. The van der Waals surface area contributed by atoms with E-state index in [0.717, 1.165) is 43.7 Å². The SMILES string of the molecule is COc1ccc(CC2CCN(C(=O)Cc3ccccc3)CC2)cc1. The van der Waals surface area contributed by atoms with Gasteiger partial charge in [0, 0.05) is 13.1 Å². The summed E-state index contributed by atoms with van der Waals surface area (Å²) < 4.78 is 5.20. The summed E-state index contributed by atoms with van der Waals surface area (Å²) in [6.45, 7) is 1.76. The average molecular weight is 323 g/mol. The Morgan fingerprint density at radius 2 is 1.67 bits per heavy atom. The highest BCUT2D eigenvalue weighted by Crippen LogP contribution is 2.23. The molecule has 3 rings (SSSR count). The Balaban J connectivity index is 1.47. The van der Waals surface area contributed by atoms with Crippen LogP contribution >= 0.6 is 0 Å². The summed E-state index contributed by atoms with van der Waals surface area (Å²) in [7, 11) is 1.69. The number of benzene rings is 2. The quantitative estimate of drug-likeness (QED) is 0.839.